The van der Waals surface area contributed by atoms with Gasteiger partial charge in [0.15, 0.2) is 11.5 Å². The van der Waals surface area contributed by atoms with Gasteiger partial charge in [-0.05, 0) is 55.0 Å². The van der Waals surface area contributed by atoms with Crippen LogP contribution in [-0.2, 0) is 0 Å². The lowest BCUT2D eigenvalue weighted by Crippen LogP contribution is -2.52. The zero-order valence-corrected chi connectivity index (χ0v) is 18.7. The van der Waals surface area contributed by atoms with Gasteiger partial charge in [0.2, 0.25) is 6.79 Å². The Kier molecular flexibility index (Phi) is 5.95. The van der Waals surface area contributed by atoms with Crippen LogP contribution in [0.5, 0.6) is 17.2 Å². The second kappa shape index (κ2) is 9.35. The lowest BCUT2D eigenvalue weighted by atomic mass is 10.0. The van der Waals surface area contributed by atoms with Crippen molar-refractivity contribution in [3.8, 4) is 17.2 Å². The number of benzene rings is 3. The van der Waals surface area contributed by atoms with Crippen molar-refractivity contribution in [3.05, 3.63) is 83.4 Å². The number of ether oxygens (including phenoxy) is 3. The molecule has 2 aliphatic heterocycles. The molecule has 8 nitrogen and oxygen atoms in total. The van der Waals surface area contributed by atoms with E-state index in [1.165, 1.54) is 5.01 Å². The van der Waals surface area contributed by atoms with E-state index in [2.05, 4.69) is 17.7 Å². The predicted octanol–water partition coefficient (Wildman–Crippen LogP) is 4.51. The van der Waals surface area contributed by atoms with Gasteiger partial charge in [-0.3, -0.25) is 15.0 Å². The highest BCUT2D eigenvalue weighted by Crippen LogP contribution is 2.38. The largest absolute Gasteiger partial charge is 0.494 e. The molecular weight excluding hydrogens is 434 g/mol. The molecule has 2 amide bonds. The molecule has 0 spiro atoms. The van der Waals surface area contributed by atoms with E-state index in [1.807, 2.05) is 24.3 Å². The van der Waals surface area contributed by atoms with Crippen LogP contribution in [-0.4, -0.2) is 30.2 Å². The van der Waals surface area contributed by atoms with E-state index in [-0.39, 0.29) is 12.7 Å². The molecule has 174 valence electrons. The number of para-hydroxylation sites is 1. The summed E-state index contributed by atoms with van der Waals surface area (Å²) >= 11 is 0. The number of unbranched alkanes of at least 4 members (excludes halogenated alkanes) is 1. The van der Waals surface area contributed by atoms with Crippen molar-refractivity contribution in [2.24, 2.45) is 0 Å². The first-order valence-corrected chi connectivity index (χ1v) is 11.3. The van der Waals surface area contributed by atoms with Crippen LogP contribution in [0, 0.1) is 0 Å². The van der Waals surface area contributed by atoms with Crippen LogP contribution in [0.25, 0.3) is 0 Å². The van der Waals surface area contributed by atoms with Crippen molar-refractivity contribution < 1.29 is 23.8 Å². The van der Waals surface area contributed by atoms with Crippen LogP contribution < -0.4 is 25.0 Å². The van der Waals surface area contributed by atoms with E-state index in [4.69, 9.17) is 14.2 Å². The fraction of sp³-hybridized carbons (Fsp3) is 0.231. The Morgan fingerprint density at radius 3 is 2.71 bits per heavy atom. The van der Waals surface area contributed by atoms with Gasteiger partial charge >= 0.3 is 0 Å². The number of hydrogen-bond acceptors (Lipinski definition) is 6. The minimum absolute atomic E-state index is 0.150. The Balaban J connectivity index is 1.40. The fourth-order valence-corrected chi connectivity index (χ4v) is 3.90. The number of amides is 2. The number of carbonyl (C=O) groups excluding carboxylic acids is 2. The van der Waals surface area contributed by atoms with Crippen molar-refractivity contribution in [1.82, 2.24) is 10.4 Å². The van der Waals surface area contributed by atoms with Gasteiger partial charge in [-0.15, -0.1) is 0 Å². The summed E-state index contributed by atoms with van der Waals surface area (Å²) < 4.78 is 16.6. The zero-order chi connectivity index (χ0) is 23.5. The first-order valence-electron chi connectivity index (χ1n) is 11.3. The first kappa shape index (κ1) is 21.6. The first-order chi connectivity index (χ1) is 16.6. The van der Waals surface area contributed by atoms with Crippen LogP contribution in [0.1, 0.15) is 52.2 Å². The summed E-state index contributed by atoms with van der Waals surface area (Å²) in [4.78, 5) is 26.5. The Bertz CT molecular complexity index is 1210. The SMILES string of the molecule is CCCCOc1ccc(C(=O)NN2C(=O)c3ccccc3NC2c2ccc3c(c2)OCO3)cc1. The van der Waals surface area contributed by atoms with Crippen LogP contribution >= 0.6 is 0 Å². The summed E-state index contributed by atoms with van der Waals surface area (Å²) in [6, 6.07) is 19.5. The summed E-state index contributed by atoms with van der Waals surface area (Å²) in [6.45, 7) is 2.88. The van der Waals surface area contributed by atoms with Crippen LogP contribution in [0.3, 0.4) is 0 Å². The standard InChI is InChI=1S/C26H25N3O5/c1-2-3-14-32-19-11-8-17(9-12-19)25(30)28-29-24(18-10-13-22-23(15-18)34-16-33-22)27-21-7-5-4-6-20(21)26(29)31/h4-13,15,24,27H,2-3,14,16H2,1H3,(H,28,30). The maximum absolute atomic E-state index is 13.4. The Morgan fingerprint density at radius 2 is 1.88 bits per heavy atom. The molecule has 2 heterocycles. The lowest BCUT2D eigenvalue weighted by molar-refractivity contribution is 0.0490. The molecule has 2 N–H and O–H groups in total. The molecule has 0 radical (unpaired) electrons. The van der Waals surface area contributed by atoms with Crippen molar-refractivity contribution in [1.29, 1.82) is 0 Å². The summed E-state index contributed by atoms with van der Waals surface area (Å²) in [5.41, 5.74) is 5.10. The third kappa shape index (κ3) is 4.22. The molecule has 3 aromatic rings. The highest BCUT2D eigenvalue weighted by Gasteiger charge is 2.35. The molecule has 0 bridgehead atoms. The second-order valence-corrected chi connectivity index (χ2v) is 8.05. The third-order valence-electron chi connectivity index (χ3n) is 5.74. The number of nitrogens with zero attached hydrogens (tertiary/aromatic N) is 1. The predicted molar refractivity (Wildman–Crippen MR) is 126 cm³/mol. The van der Waals surface area contributed by atoms with E-state index in [1.54, 1.807) is 42.5 Å². The number of anilines is 1. The van der Waals surface area contributed by atoms with Crippen molar-refractivity contribution >= 4 is 17.5 Å². The average Bonchev–Trinajstić information content (AvgIpc) is 3.34. The molecule has 0 saturated carbocycles. The third-order valence-corrected chi connectivity index (χ3v) is 5.74. The maximum atomic E-state index is 13.4. The summed E-state index contributed by atoms with van der Waals surface area (Å²) in [6.07, 6.45) is 1.37. The minimum atomic E-state index is -0.641. The molecular formula is C26H25N3O5. The van der Waals surface area contributed by atoms with E-state index < -0.39 is 12.1 Å². The molecule has 5 rings (SSSR count). The molecule has 1 atom stereocenters. The van der Waals surface area contributed by atoms with Crippen LogP contribution in [0.2, 0.25) is 0 Å². The normalized spacial score (nSPS) is 16.0. The highest BCUT2D eigenvalue weighted by molar-refractivity contribution is 6.04. The fourth-order valence-electron chi connectivity index (χ4n) is 3.90. The van der Waals surface area contributed by atoms with Gasteiger partial charge in [-0.1, -0.05) is 31.5 Å². The molecule has 0 aromatic heterocycles. The molecule has 0 saturated heterocycles. The van der Waals surface area contributed by atoms with Crippen molar-refractivity contribution in [3.63, 3.8) is 0 Å². The van der Waals surface area contributed by atoms with Gasteiger partial charge in [0.25, 0.3) is 11.8 Å². The van der Waals surface area contributed by atoms with Gasteiger partial charge < -0.3 is 19.5 Å². The number of hydrogen-bond donors (Lipinski definition) is 2. The molecule has 1 unspecified atom stereocenters. The molecule has 34 heavy (non-hydrogen) atoms. The Morgan fingerprint density at radius 1 is 1.09 bits per heavy atom. The van der Waals surface area contributed by atoms with Gasteiger partial charge in [0.05, 0.1) is 12.2 Å². The summed E-state index contributed by atoms with van der Waals surface area (Å²) in [5.74, 6) is 1.22. The van der Waals surface area contributed by atoms with Gasteiger partial charge in [0.1, 0.15) is 11.9 Å². The lowest BCUT2D eigenvalue weighted by Gasteiger charge is -2.37. The smallest absolute Gasteiger partial charge is 0.276 e. The molecule has 2 aliphatic rings. The molecule has 8 heteroatoms. The molecule has 0 fully saturated rings. The Labute approximate surface area is 197 Å². The van der Waals surface area contributed by atoms with Crippen LogP contribution in [0.15, 0.2) is 66.7 Å². The van der Waals surface area contributed by atoms with Gasteiger partial charge in [-0.2, -0.15) is 0 Å². The number of hydrazine groups is 1. The number of fused-ring (bicyclic) bond motifs is 2. The minimum Gasteiger partial charge on any atom is -0.494 e. The molecule has 3 aromatic carbocycles. The van der Waals surface area contributed by atoms with Crippen molar-refractivity contribution in [2.75, 3.05) is 18.7 Å². The van der Waals surface area contributed by atoms with E-state index >= 15 is 0 Å². The van der Waals surface area contributed by atoms with Gasteiger partial charge in [-0.25, -0.2) is 5.01 Å². The number of nitrogens with one attached hydrogen (secondary N) is 2. The zero-order valence-electron chi connectivity index (χ0n) is 18.7. The van der Waals surface area contributed by atoms with Crippen LogP contribution in [0.4, 0.5) is 5.69 Å². The quantitative estimate of drug-likeness (QED) is 0.506. The molecule has 0 aliphatic carbocycles. The van der Waals surface area contributed by atoms with Crippen molar-refractivity contribution in [2.45, 2.75) is 25.9 Å². The van der Waals surface area contributed by atoms with E-state index in [0.29, 0.717) is 40.7 Å². The monoisotopic (exact) mass is 459 g/mol. The summed E-state index contributed by atoms with van der Waals surface area (Å²) in [7, 11) is 0. The van der Waals surface area contributed by atoms with E-state index in [0.717, 1.165) is 18.4 Å². The summed E-state index contributed by atoms with van der Waals surface area (Å²) in [5, 5.41) is 4.67. The average molecular weight is 460 g/mol. The maximum Gasteiger partial charge on any atom is 0.276 e. The highest BCUT2D eigenvalue weighted by atomic mass is 16.7. The van der Waals surface area contributed by atoms with E-state index in [9.17, 15) is 9.59 Å². The topological polar surface area (TPSA) is 89.1 Å². The van der Waals surface area contributed by atoms with Gasteiger partial charge in [0, 0.05) is 16.8 Å². The Hall–Kier alpha value is -4.20. The second-order valence-electron chi connectivity index (χ2n) is 8.05. The number of carbonyl (C=O) groups is 2. The number of rotatable bonds is 7.